The van der Waals surface area contributed by atoms with Gasteiger partial charge in [-0.3, -0.25) is 9.48 Å². The molecule has 0 saturated heterocycles. The second-order valence-electron chi connectivity index (χ2n) is 3.62. The maximum atomic E-state index is 13.5. The lowest BCUT2D eigenvalue weighted by Gasteiger charge is -2.08. The largest absolute Gasteiger partial charge is 0.396 e. The van der Waals surface area contributed by atoms with Gasteiger partial charge in [-0.05, 0) is 12.1 Å². The van der Waals surface area contributed by atoms with Crippen LogP contribution in [-0.4, -0.2) is 15.7 Å². The molecule has 0 bridgehead atoms. The number of aromatic nitrogens is 2. The lowest BCUT2D eigenvalue weighted by molar-refractivity contribution is 0.101. The first kappa shape index (κ1) is 12.4. The summed E-state index contributed by atoms with van der Waals surface area (Å²) in [4.78, 5) is 11.9. The number of nitrogens with two attached hydrogens (primary N) is 1. The highest BCUT2D eigenvalue weighted by atomic mass is 35.5. The molecule has 0 aliphatic heterocycles. The molecule has 5 nitrogen and oxygen atoms in total. The second kappa shape index (κ2) is 4.66. The van der Waals surface area contributed by atoms with Crippen LogP contribution in [0.2, 0.25) is 5.02 Å². The van der Waals surface area contributed by atoms with Crippen LogP contribution in [0, 0.1) is 5.82 Å². The molecular formula is C11H10ClFN4O. The molecule has 7 heteroatoms. The number of rotatable bonds is 2. The summed E-state index contributed by atoms with van der Waals surface area (Å²) in [6.45, 7) is 0. The van der Waals surface area contributed by atoms with Gasteiger partial charge in [0.1, 0.15) is 11.5 Å². The molecule has 1 heterocycles. The van der Waals surface area contributed by atoms with Gasteiger partial charge in [0.05, 0.1) is 22.6 Å². The van der Waals surface area contributed by atoms with E-state index in [0.29, 0.717) is 0 Å². The monoisotopic (exact) mass is 268 g/mol. The molecule has 94 valence electrons. The Bertz CT molecular complexity index is 571. The fourth-order valence-corrected chi connectivity index (χ4v) is 1.73. The van der Waals surface area contributed by atoms with Crippen LogP contribution in [-0.2, 0) is 7.05 Å². The number of aryl methyl sites for hydroxylation is 1. The van der Waals surface area contributed by atoms with Crippen LogP contribution < -0.4 is 11.1 Å². The number of anilines is 2. The number of hydrogen-bond acceptors (Lipinski definition) is 3. The average molecular weight is 269 g/mol. The van der Waals surface area contributed by atoms with Crippen molar-refractivity contribution in [2.45, 2.75) is 0 Å². The SMILES string of the molecule is Cn1ncc(N)c1C(=O)Nc1c(F)cccc1Cl. The first-order valence-corrected chi connectivity index (χ1v) is 5.41. The van der Waals surface area contributed by atoms with Crippen molar-refractivity contribution in [2.24, 2.45) is 7.05 Å². The molecule has 2 rings (SSSR count). The molecular weight excluding hydrogens is 259 g/mol. The third kappa shape index (κ3) is 2.14. The van der Waals surface area contributed by atoms with Gasteiger partial charge in [0, 0.05) is 7.05 Å². The molecule has 18 heavy (non-hydrogen) atoms. The van der Waals surface area contributed by atoms with Crippen LogP contribution in [0.15, 0.2) is 24.4 Å². The first-order valence-electron chi connectivity index (χ1n) is 5.03. The summed E-state index contributed by atoms with van der Waals surface area (Å²) in [5.74, 6) is -1.18. The number of carbonyl (C=O) groups excluding carboxylic acids is 1. The van der Waals surface area contributed by atoms with Crippen molar-refractivity contribution in [1.82, 2.24) is 9.78 Å². The minimum Gasteiger partial charge on any atom is -0.396 e. The average Bonchev–Trinajstić information content (AvgIpc) is 2.64. The third-order valence-electron chi connectivity index (χ3n) is 2.38. The van der Waals surface area contributed by atoms with Crippen LogP contribution in [0.4, 0.5) is 15.8 Å². The van der Waals surface area contributed by atoms with Gasteiger partial charge in [-0.2, -0.15) is 5.10 Å². The van der Waals surface area contributed by atoms with Crippen molar-refractivity contribution in [3.05, 3.63) is 40.9 Å². The summed E-state index contributed by atoms with van der Waals surface area (Å²) in [5, 5.41) is 6.32. The zero-order valence-corrected chi connectivity index (χ0v) is 10.2. The summed E-state index contributed by atoms with van der Waals surface area (Å²) in [6, 6.07) is 4.13. The van der Waals surface area contributed by atoms with Gasteiger partial charge in [-0.25, -0.2) is 4.39 Å². The van der Waals surface area contributed by atoms with E-state index >= 15 is 0 Å². The number of amides is 1. The van der Waals surface area contributed by atoms with Crippen molar-refractivity contribution >= 4 is 28.9 Å². The van der Waals surface area contributed by atoms with Crippen molar-refractivity contribution in [3.8, 4) is 0 Å². The molecule has 0 aliphatic rings. The number of carbonyl (C=O) groups is 1. The Morgan fingerprint density at radius 3 is 2.83 bits per heavy atom. The van der Waals surface area contributed by atoms with E-state index in [2.05, 4.69) is 10.4 Å². The minimum atomic E-state index is -0.614. The highest BCUT2D eigenvalue weighted by Crippen LogP contribution is 2.25. The Balaban J connectivity index is 2.33. The summed E-state index contributed by atoms with van der Waals surface area (Å²) in [7, 11) is 1.56. The molecule has 0 fully saturated rings. The van der Waals surface area contributed by atoms with Gasteiger partial charge < -0.3 is 11.1 Å². The Hall–Kier alpha value is -2.08. The van der Waals surface area contributed by atoms with Gasteiger partial charge in [-0.15, -0.1) is 0 Å². The van der Waals surface area contributed by atoms with Gasteiger partial charge in [0.2, 0.25) is 0 Å². The van der Waals surface area contributed by atoms with E-state index in [1.807, 2.05) is 0 Å². The molecule has 0 radical (unpaired) electrons. The Morgan fingerprint density at radius 1 is 1.56 bits per heavy atom. The number of para-hydroxylation sites is 1. The smallest absolute Gasteiger partial charge is 0.276 e. The number of benzene rings is 1. The highest BCUT2D eigenvalue weighted by molar-refractivity contribution is 6.34. The Morgan fingerprint density at radius 2 is 2.28 bits per heavy atom. The highest BCUT2D eigenvalue weighted by Gasteiger charge is 2.17. The first-order chi connectivity index (χ1) is 8.50. The summed E-state index contributed by atoms with van der Waals surface area (Å²) in [6.07, 6.45) is 1.35. The molecule has 0 atom stereocenters. The van der Waals surface area contributed by atoms with Gasteiger partial charge in [0.15, 0.2) is 0 Å². The molecule has 0 aliphatic carbocycles. The minimum absolute atomic E-state index is 0.0789. The topological polar surface area (TPSA) is 72.9 Å². The fraction of sp³-hybridized carbons (Fsp3) is 0.0909. The summed E-state index contributed by atoms with van der Waals surface area (Å²) in [5.41, 5.74) is 5.88. The Kier molecular flexibility index (Phi) is 3.20. The zero-order chi connectivity index (χ0) is 13.3. The number of nitrogens with one attached hydrogen (secondary N) is 1. The predicted molar refractivity (Wildman–Crippen MR) is 67.0 cm³/mol. The number of hydrogen-bond donors (Lipinski definition) is 2. The molecule has 1 amide bonds. The normalized spacial score (nSPS) is 10.4. The van der Waals surface area contributed by atoms with Crippen LogP contribution in [0.5, 0.6) is 0 Å². The van der Waals surface area contributed by atoms with E-state index < -0.39 is 11.7 Å². The number of halogens is 2. The van der Waals surface area contributed by atoms with Crippen LogP contribution in [0.25, 0.3) is 0 Å². The van der Waals surface area contributed by atoms with Gasteiger partial charge in [-0.1, -0.05) is 17.7 Å². The van der Waals surface area contributed by atoms with Gasteiger partial charge in [0.25, 0.3) is 5.91 Å². The number of nitrogen functional groups attached to an aromatic ring is 1. The summed E-state index contributed by atoms with van der Waals surface area (Å²) >= 11 is 5.81. The molecule has 1 aromatic heterocycles. The molecule has 3 N–H and O–H groups in total. The van der Waals surface area contributed by atoms with Crippen LogP contribution in [0.1, 0.15) is 10.5 Å². The lowest BCUT2D eigenvalue weighted by atomic mass is 10.2. The maximum Gasteiger partial charge on any atom is 0.276 e. The maximum absolute atomic E-state index is 13.5. The molecule has 0 spiro atoms. The molecule has 0 saturated carbocycles. The van der Waals surface area contributed by atoms with E-state index in [4.69, 9.17) is 17.3 Å². The van der Waals surface area contributed by atoms with E-state index in [0.717, 1.165) is 0 Å². The summed E-state index contributed by atoms with van der Waals surface area (Å²) < 4.78 is 14.8. The van der Waals surface area contributed by atoms with Gasteiger partial charge >= 0.3 is 0 Å². The van der Waals surface area contributed by atoms with Crippen molar-refractivity contribution in [3.63, 3.8) is 0 Å². The lowest BCUT2D eigenvalue weighted by Crippen LogP contribution is -2.18. The molecule has 0 unspecified atom stereocenters. The van der Waals surface area contributed by atoms with Crippen molar-refractivity contribution in [2.75, 3.05) is 11.1 Å². The molecule has 2 aromatic rings. The fourth-order valence-electron chi connectivity index (χ4n) is 1.52. The van der Waals surface area contributed by atoms with Crippen molar-refractivity contribution in [1.29, 1.82) is 0 Å². The van der Waals surface area contributed by atoms with Crippen LogP contribution >= 0.6 is 11.6 Å². The third-order valence-corrected chi connectivity index (χ3v) is 2.70. The van der Waals surface area contributed by atoms with E-state index in [1.54, 1.807) is 7.05 Å². The second-order valence-corrected chi connectivity index (χ2v) is 4.03. The van der Waals surface area contributed by atoms with E-state index in [1.165, 1.54) is 29.1 Å². The zero-order valence-electron chi connectivity index (χ0n) is 9.45. The quantitative estimate of drug-likeness (QED) is 0.875. The Labute approximate surface area is 107 Å². The standard InChI is InChI=1S/C11H10ClFN4O/c1-17-10(8(14)5-15-17)11(18)16-9-6(12)3-2-4-7(9)13/h2-5H,14H2,1H3,(H,16,18). The predicted octanol–water partition coefficient (Wildman–Crippen LogP) is 2.05. The number of nitrogens with zero attached hydrogens (tertiary/aromatic N) is 2. The van der Waals surface area contributed by atoms with Crippen molar-refractivity contribution < 1.29 is 9.18 Å². The van der Waals surface area contributed by atoms with E-state index in [9.17, 15) is 9.18 Å². The van der Waals surface area contributed by atoms with E-state index in [-0.39, 0.29) is 22.1 Å². The molecule has 1 aromatic carbocycles. The van der Waals surface area contributed by atoms with Crippen LogP contribution in [0.3, 0.4) is 0 Å².